The Kier molecular flexibility index (Phi) is 11.2. The summed E-state index contributed by atoms with van der Waals surface area (Å²) in [5.41, 5.74) is 3.92. The van der Waals surface area contributed by atoms with E-state index in [1.54, 1.807) is 0 Å². The summed E-state index contributed by atoms with van der Waals surface area (Å²) in [5, 5.41) is 14.2. The fourth-order valence-electron chi connectivity index (χ4n) is 4.14. The Hall–Kier alpha value is -3.23. The number of rotatable bonds is 6. The monoisotopic (exact) mass is 566 g/mol. The van der Waals surface area contributed by atoms with Gasteiger partial charge in [-0.2, -0.15) is 26.3 Å². The van der Waals surface area contributed by atoms with E-state index in [1.807, 2.05) is 24.4 Å². The van der Waals surface area contributed by atoms with Crippen LogP contribution in [-0.4, -0.2) is 77.3 Å². The van der Waals surface area contributed by atoms with Crippen molar-refractivity contribution in [3.05, 3.63) is 65.5 Å². The van der Waals surface area contributed by atoms with Crippen LogP contribution in [0.2, 0.25) is 0 Å². The van der Waals surface area contributed by atoms with Gasteiger partial charge in [0.25, 0.3) is 0 Å². The minimum Gasteiger partial charge on any atom is -0.475 e. The molecule has 39 heavy (non-hydrogen) atoms. The van der Waals surface area contributed by atoms with Crippen LogP contribution >= 0.6 is 0 Å². The van der Waals surface area contributed by atoms with Gasteiger partial charge in [-0.05, 0) is 30.2 Å². The number of halogens is 6. The van der Waals surface area contributed by atoms with Crippen LogP contribution in [0.5, 0.6) is 0 Å². The largest absolute Gasteiger partial charge is 0.490 e. The van der Waals surface area contributed by atoms with Crippen molar-refractivity contribution < 1.29 is 55.6 Å². The summed E-state index contributed by atoms with van der Waals surface area (Å²) in [4.78, 5) is 24.7. The maximum absolute atomic E-state index is 10.6. The zero-order valence-electron chi connectivity index (χ0n) is 20.8. The second-order valence-corrected chi connectivity index (χ2v) is 9.09. The molecule has 0 saturated carbocycles. The lowest BCUT2D eigenvalue weighted by Gasteiger charge is -2.27. The first-order valence-corrected chi connectivity index (χ1v) is 11.6. The fourth-order valence-corrected chi connectivity index (χ4v) is 4.14. The number of carbonyl (C=O) groups is 2. The second-order valence-electron chi connectivity index (χ2n) is 9.09. The van der Waals surface area contributed by atoms with E-state index in [0.29, 0.717) is 12.5 Å². The highest BCUT2D eigenvalue weighted by atomic mass is 19.4. The zero-order valence-corrected chi connectivity index (χ0v) is 20.8. The minimum atomic E-state index is -5.08. The number of fused-ring (bicyclic) bond motifs is 1. The molecule has 0 amide bonds. The lowest BCUT2D eigenvalue weighted by molar-refractivity contribution is -0.193. The van der Waals surface area contributed by atoms with Gasteiger partial charge in [0.1, 0.15) is 0 Å². The maximum atomic E-state index is 10.6. The summed E-state index contributed by atoms with van der Waals surface area (Å²) in [6, 6.07) is 14.6. The van der Waals surface area contributed by atoms with Crippen LogP contribution in [-0.2, 0) is 32.2 Å². The van der Waals surface area contributed by atoms with Crippen molar-refractivity contribution in [3.63, 3.8) is 0 Å². The first-order valence-electron chi connectivity index (χ1n) is 11.6. The van der Waals surface area contributed by atoms with Crippen molar-refractivity contribution in [3.8, 4) is 0 Å². The van der Waals surface area contributed by atoms with E-state index in [-0.39, 0.29) is 5.41 Å². The third-order valence-corrected chi connectivity index (χ3v) is 6.10. The van der Waals surface area contributed by atoms with E-state index in [9.17, 15) is 26.3 Å². The van der Waals surface area contributed by atoms with Gasteiger partial charge in [0.05, 0.1) is 32.1 Å². The number of aryl methyl sites for hydroxylation is 1. The van der Waals surface area contributed by atoms with Gasteiger partial charge in [-0.3, -0.25) is 9.88 Å². The summed E-state index contributed by atoms with van der Waals surface area (Å²) in [7, 11) is 0. The smallest absolute Gasteiger partial charge is 0.475 e. The third-order valence-electron chi connectivity index (χ3n) is 6.10. The molecule has 14 heteroatoms. The Morgan fingerprint density at radius 1 is 1.05 bits per heavy atom. The van der Waals surface area contributed by atoms with Gasteiger partial charge in [0.15, 0.2) is 0 Å². The van der Waals surface area contributed by atoms with Crippen LogP contribution < -0.4 is 0 Å². The Balaban J connectivity index is 0.000000317. The number of aliphatic carboxylic acids is 2. The average molecular weight is 566 g/mol. The standard InChI is InChI=1S/C21H26N2O2.2C2HF3O2/c1-17-6-2-3-7-18(17)10-23-11-19-12-24-15-21(19,14-23)16-25-13-20-8-4-5-9-22-20;2*3-2(4,5)1(6)7/h2-9,19H,10-16H2,1H3;2*(H,6,7)/t19-,21+;;/m1../s1. The van der Waals surface area contributed by atoms with Crippen LogP contribution in [0.15, 0.2) is 48.7 Å². The van der Waals surface area contributed by atoms with E-state index in [1.165, 1.54) is 11.1 Å². The first-order chi connectivity index (χ1) is 18.1. The molecule has 1 aromatic carbocycles. The van der Waals surface area contributed by atoms with Gasteiger partial charge in [0.2, 0.25) is 0 Å². The highest BCUT2D eigenvalue weighted by Crippen LogP contribution is 2.42. The van der Waals surface area contributed by atoms with Crippen molar-refractivity contribution in [1.82, 2.24) is 9.88 Å². The van der Waals surface area contributed by atoms with Crippen LogP contribution in [0.3, 0.4) is 0 Å². The van der Waals surface area contributed by atoms with Crippen LogP contribution in [0.25, 0.3) is 0 Å². The van der Waals surface area contributed by atoms with Gasteiger partial charge < -0.3 is 19.7 Å². The molecule has 0 aliphatic carbocycles. The summed E-state index contributed by atoms with van der Waals surface area (Å²) in [6.07, 6.45) is -8.35. The number of alkyl halides is 6. The number of benzene rings is 1. The Morgan fingerprint density at radius 3 is 2.18 bits per heavy atom. The highest BCUT2D eigenvalue weighted by molar-refractivity contribution is 5.73. The predicted octanol–water partition coefficient (Wildman–Crippen LogP) is 4.32. The molecule has 2 fully saturated rings. The molecule has 8 nitrogen and oxygen atoms in total. The van der Waals surface area contributed by atoms with E-state index < -0.39 is 24.3 Å². The molecule has 216 valence electrons. The lowest BCUT2D eigenvalue weighted by Crippen LogP contribution is -2.35. The predicted molar refractivity (Wildman–Crippen MR) is 124 cm³/mol. The topological polar surface area (TPSA) is 109 Å². The number of pyridine rings is 1. The van der Waals surface area contributed by atoms with E-state index >= 15 is 0 Å². The van der Waals surface area contributed by atoms with Gasteiger partial charge in [-0.1, -0.05) is 30.3 Å². The van der Waals surface area contributed by atoms with Gasteiger partial charge >= 0.3 is 24.3 Å². The second kappa shape index (κ2) is 13.7. The van der Waals surface area contributed by atoms with E-state index in [2.05, 4.69) is 41.1 Å². The van der Waals surface area contributed by atoms with Gasteiger partial charge in [-0.25, -0.2) is 9.59 Å². The number of hydrogen-bond acceptors (Lipinski definition) is 6. The molecule has 3 heterocycles. The number of likely N-dealkylation sites (tertiary alicyclic amines) is 1. The number of hydrogen-bond donors (Lipinski definition) is 2. The fraction of sp³-hybridized carbons (Fsp3) is 0.480. The van der Waals surface area contributed by atoms with E-state index in [4.69, 9.17) is 29.3 Å². The van der Waals surface area contributed by atoms with Crippen molar-refractivity contribution in [2.45, 2.75) is 32.4 Å². The maximum Gasteiger partial charge on any atom is 0.490 e. The van der Waals surface area contributed by atoms with E-state index in [0.717, 1.165) is 45.1 Å². The molecule has 2 aliphatic heterocycles. The zero-order chi connectivity index (χ0) is 29.3. The SMILES string of the molecule is Cc1ccccc1CN1C[C@@H]2COC[C@]2(COCc2ccccn2)C1.O=C(O)C(F)(F)F.O=C(O)C(F)(F)F. The summed E-state index contributed by atoms with van der Waals surface area (Å²) in [6.45, 7) is 8.36. The molecule has 2 atom stereocenters. The molecule has 2 N–H and O–H groups in total. The highest BCUT2D eigenvalue weighted by Gasteiger charge is 2.50. The van der Waals surface area contributed by atoms with Crippen molar-refractivity contribution in [2.75, 3.05) is 32.9 Å². The molecule has 0 spiro atoms. The Labute approximate surface area is 220 Å². The van der Waals surface area contributed by atoms with Crippen molar-refractivity contribution >= 4 is 11.9 Å². The summed E-state index contributed by atoms with van der Waals surface area (Å²) >= 11 is 0. The Bertz CT molecular complexity index is 1060. The molecule has 0 unspecified atom stereocenters. The van der Waals surface area contributed by atoms with Crippen LogP contribution in [0.1, 0.15) is 16.8 Å². The molecule has 1 aromatic heterocycles. The first kappa shape index (κ1) is 32.0. The number of nitrogens with zero attached hydrogens (tertiary/aromatic N) is 2. The van der Waals surface area contributed by atoms with Crippen LogP contribution in [0.4, 0.5) is 26.3 Å². The third kappa shape index (κ3) is 10.1. The molecular formula is C25H28F6N2O6. The van der Waals surface area contributed by atoms with Crippen LogP contribution in [0, 0.1) is 18.3 Å². The molecule has 0 bridgehead atoms. The molecule has 4 rings (SSSR count). The molecule has 2 aromatic rings. The molecule has 2 aliphatic rings. The number of aromatic nitrogens is 1. The van der Waals surface area contributed by atoms with Crippen molar-refractivity contribution in [2.24, 2.45) is 11.3 Å². The summed E-state index contributed by atoms with van der Waals surface area (Å²) in [5.74, 6) is -4.94. The molecule has 2 saturated heterocycles. The summed E-state index contributed by atoms with van der Waals surface area (Å²) < 4.78 is 75.4. The normalized spacial score (nSPS) is 20.7. The Morgan fingerprint density at radius 2 is 1.64 bits per heavy atom. The number of carboxylic acids is 2. The van der Waals surface area contributed by atoms with Gasteiger partial charge in [0, 0.05) is 37.2 Å². The average Bonchev–Trinajstić information content (AvgIpc) is 3.37. The molecular weight excluding hydrogens is 538 g/mol. The minimum absolute atomic E-state index is 0.136. The van der Waals surface area contributed by atoms with Gasteiger partial charge in [-0.15, -0.1) is 0 Å². The lowest BCUT2D eigenvalue weighted by atomic mass is 9.82. The number of ether oxygens (including phenoxy) is 2. The van der Waals surface area contributed by atoms with Crippen molar-refractivity contribution in [1.29, 1.82) is 0 Å². The number of carboxylic acid groups (broad SMARTS) is 2. The quantitative estimate of drug-likeness (QED) is 0.498. The molecule has 0 radical (unpaired) electrons.